The highest BCUT2D eigenvalue weighted by Crippen LogP contribution is 2.38. The first-order valence-electron chi connectivity index (χ1n) is 8.94. The summed E-state index contributed by atoms with van der Waals surface area (Å²) in [5, 5.41) is 10.5. The van der Waals surface area contributed by atoms with E-state index in [-0.39, 0.29) is 17.6 Å². The fourth-order valence-corrected chi connectivity index (χ4v) is 4.08. The van der Waals surface area contributed by atoms with Crippen molar-refractivity contribution >= 4 is 56.5 Å². The molecule has 9 heteroatoms. The van der Waals surface area contributed by atoms with Crippen molar-refractivity contribution in [3.05, 3.63) is 56.9 Å². The smallest absolute Gasteiger partial charge is 0.338 e. The average molecular weight is 491 g/mol. The minimum Gasteiger partial charge on any atom is -0.503 e. The summed E-state index contributed by atoms with van der Waals surface area (Å²) in [4.78, 5) is 30.8. The Morgan fingerprint density at radius 2 is 2.00 bits per heavy atom. The van der Waals surface area contributed by atoms with Gasteiger partial charge in [0.1, 0.15) is 0 Å². The molecule has 0 aromatic heterocycles. The van der Waals surface area contributed by atoms with E-state index in [2.05, 4.69) is 20.9 Å². The van der Waals surface area contributed by atoms with Crippen LogP contribution < -0.4 is 4.74 Å². The van der Waals surface area contributed by atoms with Gasteiger partial charge in [-0.1, -0.05) is 0 Å². The van der Waals surface area contributed by atoms with Crippen molar-refractivity contribution in [3.63, 3.8) is 0 Å². The molecule has 0 unspecified atom stereocenters. The molecule has 2 aromatic rings. The number of ether oxygens (including phenoxy) is 2. The van der Waals surface area contributed by atoms with Crippen molar-refractivity contribution in [3.8, 4) is 11.5 Å². The Morgan fingerprint density at radius 3 is 2.63 bits per heavy atom. The number of aliphatic imine (C=N–C) groups is 1. The SMILES string of the molecule is CCOC(=O)c1ccc(N=C2S/C(=C\c3cc(Br)c(O)c(OC)c3)C(=O)N2C)cc1. The summed E-state index contributed by atoms with van der Waals surface area (Å²) in [6, 6.07) is 10.0. The van der Waals surface area contributed by atoms with E-state index in [1.807, 2.05) is 0 Å². The standard InChI is InChI=1S/C21H19BrN2O5S/c1-4-29-20(27)13-5-7-14(8-6-13)23-21-24(2)19(26)17(30-21)11-12-9-15(22)18(25)16(10-12)28-3/h5-11,25H,4H2,1-3H3/b17-11-,23-21?. The number of hydrogen-bond acceptors (Lipinski definition) is 7. The molecular formula is C21H19BrN2O5S. The topological polar surface area (TPSA) is 88.4 Å². The quantitative estimate of drug-likeness (QED) is 0.487. The first-order chi connectivity index (χ1) is 14.3. The van der Waals surface area contributed by atoms with Crippen LogP contribution in [-0.2, 0) is 9.53 Å². The Balaban J connectivity index is 1.85. The zero-order chi connectivity index (χ0) is 21.8. The van der Waals surface area contributed by atoms with Crippen LogP contribution in [0.4, 0.5) is 5.69 Å². The largest absolute Gasteiger partial charge is 0.503 e. The normalized spacial score (nSPS) is 16.4. The molecule has 30 heavy (non-hydrogen) atoms. The van der Waals surface area contributed by atoms with Crippen LogP contribution in [-0.4, -0.2) is 47.8 Å². The van der Waals surface area contributed by atoms with Crippen molar-refractivity contribution in [2.75, 3.05) is 20.8 Å². The maximum Gasteiger partial charge on any atom is 0.338 e. The number of carbonyl (C=O) groups is 2. The van der Waals surface area contributed by atoms with Crippen molar-refractivity contribution in [2.45, 2.75) is 6.92 Å². The molecule has 2 aromatic carbocycles. The van der Waals surface area contributed by atoms with E-state index < -0.39 is 0 Å². The van der Waals surface area contributed by atoms with Gasteiger partial charge in [0, 0.05) is 7.05 Å². The van der Waals surface area contributed by atoms with Gasteiger partial charge >= 0.3 is 5.97 Å². The molecule has 1 N–H and O–H groups in total. The Labute approximate surface area is 186 Å². The van der Waals surface area contributed by atoms with Gasteiger partial charge < -0.3 is 14.6 Å². The third-order valence-electron chi connectivity index (χ3n) is 4.18. The van der Waals surface area contributed by atoms with Crippen LogP contribution in [0.15, 0.2) is 50.8 Å². The predicted molar refractivity (Wildman–Crippen MR) is 120 cm³/mol. The van der Waals surface area contributed by atoms with E-state index in [0.29, 0.717) is 43.7 Å². The number of amidine groups is 1. The second-order valence-electron chi connectivity index (χ2n) is 6.19. The lowest BCUT2D eigenvalue weighted by Gasteiger charge is -2.07. The number of benzene rings is 2. The summed E-state index contributed by atoms with van der Waals surface area (Å²) < 4.78 is 10.6. The second kappa shape index (κ2) is 9.36. The number of thioether (sulfide) groups is 1. The van der Waals surface area contributed by atoms with E-state index in [4.69, 9.17) is 9.47 Å². The lowest BCUT2D eigenvalue weighted by Crippen LogP contribution is -2.23. The molecule has 1 fully saturated rings. The molecule has 0 atom stereocenters. The molecule has 0 bridgehead atoms. The molecule has 0 spiro atoms. The molecule has 1 aliphatic rings. The van der Waals surface area contributed by atoms with Crippen LogP contribution in [0, 0.1) is 0 Å². The number of likely N-dealkylation sites (N-methyl/N-ethyl adjacent to an activating group) is 1. The number of phenols is 1. The number of hydrogen-bond donors (Lipinski definition) is 1. The van der Waals surface area contributed by atoms with Gasteiger partial charge in [-0.25, -0.2) is 9.79 Å². The summed E-state index contributed by atoms with van der Waals surface area (Å²) in [6.07, 6.45) is 1.71. The molecule has 0 radical (unpaired) electrons. The zero-order valence-corrected chi connectivity index (χ0v) is 18.9. The highest BCUT2D eigenvalue weighted by atomic mass is 79.9. The van der Waals surface area contributed by atoms with Gasteiger partial charge in [-0.2, -0.15) is 0 Å². The van der Waals surface area contributed by atoms with E-state index in [1.54, 1.807) is 56.4 Å². The fourth-order valence-electron chi connectivity index (χ4n) is 2.63. The number of rotatable bonds is 5. The lowest BCUT2D eigenvalue weighted by molar-refractivity contribution is -0.121. The highest BCUT2D eigenvalue weighted by molar-refractivity contribution is 9.10. The fraction of sp³-hybridized carbons (Fsp3) is 0.190. The molecule has 1 saturated heterocycles. The molecule has 3 rings (SSSR count). The summed E-state index contributed by atoms with van der Waals surface area (Å²) in [7, 11) is 3.11. The number of esters is 1. The van der Waals surface area contributed by atoms with Gasteiger partial charge in [0.15, 0.2) is 16.7 Å². The Kier molecular flexibility index (Phi) is 6.84. The van der Waals surface area contributed by atoms with Gasteiger partial charge in [-0.05, 0) is 82.7 Å². The van der Waals surface area contributed by atoms with Gasteiger partial charge in [0.2, 0.25) is 0 Å². The van der Waals surface area contributed by atoms with Crippen molar-refractivity contribution < 1.29 is 24.2 Å². The third-order valence-corrected chi connectivity index (χ3v) is 5.84. The van der Waals surface area contributed by atoms with Gasteiger partial charge in [-0.15, -0.1) is 0 Å². The number of nitrogens with zero attached hydrogens (tertiary/aromatic N) is 2. The highest BCUT2D eigenvalue weighted by Gasteiger charge is 2.30. The molecular weight excluding hydrogens is 472 g/mol. The maximum atomic E-state index is 12.6. The van der Waals surface area contributed by atoms with Gasteiger partial charge in [0.05, 0.1) is 34.3 Å². The van der Waals surface area contributed by atoms with Crippen LogP contribution in [0.5, 0.6) is 11.5 Å². The molecule has 156 valence electrons. The van der Waals surface area contributed by atoms with Crippen molar-refractivity contribution in [1.82, 2.24) is 4.90 Å². The van der Waals surface area contributed by atoms with Crippen molar-refractivity contribution in [2.24, 2.45) is 4.99 Å². The number of phenolic OH excluding ortho intramolecular Hbond substituents is 1. The van der Waals surface area contributed by atoms with E-state index in [0.717, 1.165) is 0 Å². The summed E-state index contributed by atoms with van der Waals surface area (Å²) in [5.41, 5.74) is 1.75. The second-order valence-corrected chi connectivity index (χ2v) is 8.05. The molecule has 7 nitrogen and oxygen atoms in total. The molecule has 0 aliphatic carbocycles. The number of methoxy groups -OCH3 is 1. The predicted octanol–water partition coefficient (Wildman–Crippen LogP) is 4.57. The molecule has 1 heterocycles. The summed E-state index contributed by atoms with van der Waals surface area (Å²) in [5.74, 6) is -0.281. The third kappa shape index (κ3) is 4.68. The zero-order valence-electron chi connectivity index (χ0n) is 16.5. The molecule has 1 aliphatic heterocycles. The van der Waals surface area contributed by atoms with Gasteiger partial charge in [0.25, 0.3) is 5.91 Å². The first kappa shape index (κ1) is 21.9. The van der Waals surface area contributed by atoms with Crippen LogP contribution in [0.3, 0.4) is 0 Å². The Hall–Kier alpha value is -2.78. The average Bonchev–Trinajstić information content (AvgIpc) is 2.99. The Morgan fingerprint density at radius 1 is 1.30 bits per heavy atom. The minimum atomic E-state index is -0.389. The number of aromatic hydroxyl groups is 1. The monoisotopic (exact) mass is 490 g/mol. The summed E-state index contributed by atoms with van der Waals surface area (Å²) >= 11 is 4.51. The van der Waals surface area contributed by atoms with E-state index in [1.165, 1.54) is 23.8 Å². The minimum absolute atomic E-state index is 0.00399. The van der Waals surface area contributed by atoms with Crippen molar-refractivity contribution in [1.29, 1.82) is 0 Å². The molecule has 1 amide bonds. The van der Waals surface area contributed by atoms with Gasteiger partial charge in [-0.3, -0.25) is 9.69 Å². The maximum absolute atomic E-state index is 12.6. The number of halogens is 1. The van der Waals surface area contributed by atoms with Crippen LogP contribution in [0.25, 0.3) is 6.08 Å². The lowest BCUT2D eigenvalue weighted by atomic mass is 10.2. The first-order valence-corrected chi connectivity index (χ1v) is 10.5. The number of amides is 1. The van der Waals surface area contributed by atoms with E-state index in [9.17, 15) is 14.7 Å². The molecule has 0 saturated carbocycles. The summed E-state index contributed by atoms with van der Waals surface area (Å²) in [6.45, 7) is 2.06. The van der Waals surface area contributed by atoms with Crippen LogP contribution >= 0.6 is 27.7 Å². The van der Waals surface area contributed by atoms with E-state index >= 15 is 0 Å². The van der Waals surface area contributed by atoms with Crippen LogP contribution in [0.2, 0.25) is 0 Å². The number of carbonyl (C=O) groups excluding carboxylic acids is 2. The Bertz CT molecular complexity index is 1050. The van der Waals surface area contributed by atoms with Crippen LogP contribution in [0.1, 0.15) is 22.8 Å².